The van der Waals surface area contributed by atoms with Gasteiger partial charge in [-0.15, -0.1) is 0 Å². The predicted molar refractivity (Wildman–Crippen MR) is 64.5 cm³/mol. The molecule has 17 heavy (non-hydrogen) atoms. The quantitative estimate of drug-likeness (QED) is 0.819. The summed E-state index contributed by atoms with van der Waals surface area (Å²) >= 11 is 0. The number of halogens is 1. The smallest absolute Gasteiger partial charge is 0.251 e. The second kappa shape index (κ2) is 5.27. The minimum Gasteiger partial charge on any atom is -0.348 e. The van der Waals surface area contributed by atoms with Crippen molar-refractivity contribution < 1.29 is 9.18 Å². The van der Waals surface area contributed by atoms with Crippen LogP contribution in [0.3, 0.4) is 0 Å². The van der Waals surface area contributed by atoms with Crippen molar-refractivity contribution in [3.8, 4) is 0 Å². The van der Waals surface area contributed by atoms with Gasteiger partial charge in [-0.05, 0) is 44.0 Å². The first kappa shape index (κ1) is 12.0. The highest BCUT2D eigenvalue weighted by Crippen LogP contribution is 2.11. The third kappa shape index (κ3) is 3.03. The Hall–Kier alpha value is -1.42. The van der Waals surface area contributed by atoms with Gasteiger partial charge in [0.1, 0.15) is 5.82 Å². The lowest BCUT2D eigenvalue weighted by atomic mass is 10.0. The molecule has 92 valence electrons. The third-order valence-electron chi connectivity index (χ3n) is 3.08. The fourth-order valence-corrected chi connectivity index (χ4v) is 2.08. The highest BCUT2D eigenvalue weighted by atomic mass is 19.1. The number of aryl methyl sites for hydroxylation is 1. The van der Waals surface area contributed by atoms with E-state index in [1.807, 2.05) is 6.92 Å². The number of carbonyl (C=O) groups is 1. The molecule has 0 aliphatic carbocycles. The molecule has 1 heterocycles. The molecule has 3 nitrogen and oxygen atoms in total. The Kier molecular flexibility index (Phi) is 3.74. The monoisotopic (exact) mass is 236 g/mol. The molecule has 1 atom stereocenters. The number of rotatable bonds is 2. The van der Waals surface area contributed by atoms with Gasteiger partial charge in [-0.3, -0.25) is 4.79 Å². The summed E-state index contributed by atoms with van der Waals surface area (Å²) in [5.41, 5.74) is 1.23. The van der Waals surface area contributed by atoms with Gasteiger partial charge in [-0.1, -0.05) is 6.07 Å². The molecule has 1 fully saturated rings. The van der Waals surface area contributed by atoms with Crippen molar-refractivity contribution in [2.24, 2.45) is 0 Å². The summed E-state index contributed by atoms with van der Waals surface area (Å²) in [7, 11) is 0. The zero-order valence-electron chi connectivity index (χ0n) is 9.92. The van der Waals surface area contributed by atoms with Crippen molar-refractivity contribution in [3.05, 3.63) is 35.1 Å². The van der Waals surface area contributed by atoms with Gasteiger partial charge in [0.15, 0.2) is 0 Å². The number of hydrogen-bond donors (Lipinski definition) is 2. The minimum absolute atomic E-state index is 0.152. The molecule has 1 aliphatic rings. The van der Waals surface area contributed by atoms with Gasteiger partial charge in [0.2, 0.25) is 0 Å². The van der Waals surface area contributed by atoms with Crippen molar-refractivity contribution >= 4 is 5.91 Å². The van der Waals surface area contributed by atoms with E-state index in [1.165, 1.54) is 12.1 Å². The maximum atomic E-state index is 13.1. The van der Waals surface area contributed by atoms with Gasteiger partial charge in [0.05, 0.1) is 0 Å². The van der Waals surface area contributed by atoms with Gasteiger partial charge in [0, 0.05) is 18.2 Å². The van der Waals surface area contributed by atoms with Crippen molar-refractivity contribution in [1.29, 1.82) is 0 Å². The lowest BCUT2D eigenvalue weighted by Gasteiger charge is -2.24. The Morgan fingerprint density at radius 3 is 3.06 bits per heavy atom. The molecular formula is C13H17FN2O. The zero-order valence-corrected chi connectivity index (χ0v) is 9.92. The van der Waals surface area contributed by atoms with Crippen molar-refractivity contribution in [1.82, 2.24) is 10.6 Å². The molecular weight excluding hydrogens is 219 g/mol. The summed E-state index contributed by atoms with van der Waals surface area (Å²) in [4.78, 5) is 12.0. The molecule has 0 spiro atoms. The number of carbonyl (C=O) groups excluding carboxylic acids is 1. The Labute approximate surface area is 100 Å². The maximum Gasteiger partial charge on any atom is 0.251 e. The molecule has 1 aromatic carbocycles. The van der Waals surface area contributed by atoms with Gasteiger partial charge in [0.25, 0.3) is 5.91 Å². The van der Waals surface area contributed by atoms with E-state index < -0.39 is 0 Å². The van der Waals surface area contributed by atoms with E-state index in [2.05, 4.69) is 10.6 Å². The molecule has 1 amide bonds. The molecule has 0 saturated carbocycles. The molecule has 4 heteroatoms. The van der Waals surface area contributed by atoms with E-state index in [1.54, 1.807) is 6.07 Å². The van der Waals surface area contributed by atoms with Crippen LogP contribution in [0.4, 0.5) is 4.39 Å². The molecule has 0 bridgehead atoms. The van der Waals surface area contributed by atoms with Crippen LogP contribution in [-0.4, -0.2) is 25.0 Å². The van der Waals surface area contributed by atoms with Crippen LogP contribution in [0, 0.1) is 12.7 Å². The molecule has 1 aromatic rings. The van der Waals surface area contributed by atoms with E-state index in [-0.39, 0.29) is 17.8 Å². The zero-order chi connectivity index (χ0) is 12.3. The van der Waals surface area contributed by atoms with Gasteiger partial charge in [-0.25, -0.2) is 4.39 Å². The Bertz CT molecular complexity index is 414. The average Bonchev–Trinajstić information content (AvgIpc) is 2.33. The van der Waals surface area contributed by atoms with E-state index in [0.717, 1.165) is 31.5 Å². The largest absolute Gasteiger partial charge is 0.348 e. The Morgan fingerprint density at radius 2 is 2.35 bits per heavy atom. The SMILES string of the molecule is Cc1ccc(F)cc1C(=O)N[C@@H]1CCCNC1. The number of benzene rings is 1. The van der Waals surface area contributed by atoms with Crippen LogP contribution in [0.15, 0.2) is 18.2 Å². The normalized spacial score (nSPS) is 20.0. The van der Waals surface area contributed by atoms with Crippen LogP contribution >= 0.6 is 0 Å². The van der Waals surface area contributed by atoms with Crippen molar-refractivity contribution in [2.45, 2.75) is 25.8 Å². The summed E-state index contributed by atoms with van der Waals surface area (Å²) in [6.07, 6.45) is 2.04. The summed E-state index contributed by atoms with van der Waals surface area (Å²) in [6, 6.07) is 4.44. The first-order chi connectivity index (χ1) is 8.16. The third-order valence-corrected chi connectivity index (χ3v) is 3.08. The standard InChI is InChI=1S/C13H17FN2O/c1-9-4-5-10(14)7-12(9)13(17)16-11-3-2-6-15-8-11/h4-5,7,11,15H,2-3,6,8H2,1H3,(H,16,17)/t11-/m1/s1. The Balaban J connectivity index is 2.05. The summed E-state index contributed by atoms with van der Waals surface area (Å²) in [5.74, 6) is -0.557. The minimum atomic E-state index is -0.373. The Morgan fingerprint density at radius 1 is 1.53 bits per heavy atom. The molecule has 1 aliphatic heterocycles. The van der Waals surface area contributed by atoms with Crippen LogP contribution in [0.25, 0.3) is 0 Å². The highest BCUT2D eigenvalue weighted by molar-refractivity contribution is 5.95. The first-order valence-electron chi connectivity index (χ1n) is 5.94. The summed E-state index contributed by atoms with van der Waals surface area (Å²) in [5, 5.41) is 6.16. The molecule has 0 aromatic heterocycles. The van der Waals surface area contributed by atoms with Crippen LogP contribution in [-0.2, 0) is 0 Å². The van der Waals surface area contributed by atoms with Crippen molar-refractivity contribution in [2.75, 3.05) is 13.1 Å². The van der Waals surface area contributed by atoms with E-state index in [9.17, 15) is 9.18 Å². The van der Waals surface area contributed by atoms with E-state index in [0.29, 0.717) is 5.56 Å². The van der Waals surface area contributed by atoms with Gasteiger partial charge >= 0.3 is 0 Å². The van der Waals surface area contributed by atoms with Crippen LogP contribution < -0.4 is 10.6 Å². The second-order valence-corrected chi connectivity index (χ2v) is 4.48. The topological polar surface area (TPSA) is 41.1 Å². The van der Waals surface area contributed by atoms with E-state index in [4.69, 9.17) is 0 Å². The second-order valence-electron chi connectivity index (χ2n) is 4.48. The van der Waals surface area contributed by atoms with Gasteiger partial charge < -0.3 is 10.6 Å². The number of hydrogen-bond acceptors (Lipinski definition) is 2. The fourth-order valence-electron chi connectivity index (χ4n) is 2.08. The summed E-state index contributed by atoms with van der Waals surface area (Å²) in [6.45, 7) is 3.61. The lowest BCUT2D eigenvalue weighted by Crippen LogP contribution is -2.45. The van der Waals surface area contributed by atoms with E-state index >= 15 is 0 Å². The van der Waals surface area contributed by atoms with Crippen LogP contribution in [0.1, 0.15) is 28.8 Å². The molecule has 2 rings (SSSR count). The molecule has 0 unspecified atom stereocenters. The first-order valence-corrected chi connectivity index (χ1v) is 5.94. The lowest BCUT2D eigenvalue weighted by molar-refractivity contribution is 0.0929. The summed E-state index contributed by atoms with van der Waals surface area (Å²) < 4.78 is 13.1. The average molecular weight is 236 g/mol. The number of piperidine rings is 1. The fraction of sp³-hybridized carbons (Fsp3) is 0.462. The predicted octanol–water partition coefficient (Wildman–Crippen LogP) is 1.62. The van der Waals surface area contributed by atoms with Gasteiger partial charge in [-0.2, -0.15) is 0 Å². The molecule has 0 radical (unpaired) electrons. The molecule has 1 saturated heterocycles. The number of nitrogens with one attached hydrogen (secondary N) is 2. The number of amides is 1. The maximum absolute atomic E-state index is 13.1. The molecule has 2 N–H and O–H groups in total. The van der Waals surface area contributed by atoms with Crippen molar-refractivity contribution in [3.63, 3.8) is 0 Å². The van der Waals surface area contributed by atoms with Crippen LogP contribution in [0.5, 0.6) is 0 Å². The highest BCUT2D eigenvalue weighted by Gasteiger charge is 2.17. The van der Waals surface area contributed by atoms with Crippen LogP contribution in [0.2, 0.25) is 0 Å².